The number of methoxy groups -OCH3 is 1. The number of aromatic nitrogens is 1. The van der Waals surface area contributed by atoms with Gasteiger partial charge in [0.1, 0.15) is 12.4 Å². The number of hydrogen-bond donors (Lipinski definition) is 1. The van der Waals surface area contributed by atoms with Crippen molar-refractivity contribution in [3.05, 3.63) is 65.6 Å². The molecule has 1 N–H and O–H groups in total. The summed E-state index contributed by atoms with van der Waals surface area (Å²) in [5.74, 6) is -1.19. The van der Waals surface area contributed by atoms with Crippen LogP contribution in [0, 0.1) is 12.7 Å². The zero-order valence-electron chi connectivity index (χ0n) is 13.9. The van der Waals surface area contributed by atoms with Crippen LogP contribution in [0.25, 0.3) is 10.9 Å². The molecule has 1 amide bonds. The fourth-order valence-corrected chi connectivity index (χ4v) is 2.72. The largest absolute Gasteiger partial charge is 0.465 e. The number of nitrogens with one attached hydrogen (secondary N) is 1. The maximum Gasteiger partial charge on any atom is 0.340 e. The van der Waals surface area contributed by atoms with Gasteiger partial charge in [0.2, 0.25) is 5.91 Å². The number of amides is 1. The molecule has 0 spiro atoms. The maximum atomic E-state index is 13.4. The van der Waals surface area contributed by atoms with E-state index in [4.69, 9.17) is 4.74 Å². The highest BCUT2D eigenvalue weighted by atomic mass is 19.1. The third-order valence-corrected chi connectivity index (χ3v) is 3.98. The predicted molar refractivity (Wildman–Crippen MR) is 93.0 cm³/mol. The van der Waals surface area contributed by atoms with Crippen molar-refractivity contribution in [3.8, 4) is 0 Å². The van der Waals surface area contributed by atoms with E-state index in [0.717, 1.165) is 11.1 Å². The van der Waals surface area contributed by atoms with E-state index in [1.165, 1.54) is 19.2 Å². The Balaban J connectivity index is 1.89. The number of aryl methyl sites for hydroxylation is 1. The number of para-hydroxylation sites is 1. The fraction of sp³-hybridized carbons (Fsp3) is 0.158. The molecule has 0 unspecified atom stereocenters. The standard InChI is InChI=1S/C19H17FN2O3/c1-12-7-8-13(20)9-16(12)21-18(23)11-22-10-15(19(24)25-2)14-5-3-4-6-17(14)22/h3-10H,11H2,1-2H3,(H,21,23). The lowest BCUT2D eigenvalue weighted by molar-refractivity contribution is -0.116. The molecule has 0 radical (unpaired) electrons. The van der Waals surface area contributed by atoms with E-state index in [-0.39, 0.29) is 12.5 Å². The molecule has 2 aromatic carbocycles. The number of rotatable bonds is 4. The second kappa shape index (κ2) is 6.76. The molecule has 25 heavy (non-hydrogen) atoms. The van der Waals surface area contributed by atoms with Gasteiger partial charge < -0.3 is 14.6 Å². The topological polar surface area (TPSA) is 60.3 Å². The molecular formula is C19H17FN2O3. The summed E-state index contributed by atoms with van der Waals surface area (Å²) in [7, 11) is 1.31. The average Bonchev–Trinajstić information content (AvgIpc) is 2.96. The molecule has 0 saturated carbocycles. The van der Waals surface area contributed by atoms with E-state index in [1.54, 1.807) is 29.8 Å². The minimum atomic E-state index is -0.462. The van der Waals surface area contributed by atoms with Gasteiger partial charge in [0.05, 0.1) is 12.7 Å². The molecule has 0 aliphatic carbocycles. The Kier molecular flexibility index (Phi) is 4.52. The Morgan fingerprint density at radius 1 is 1.20 bits per heavy atom. The molecule has 3 aromatic rings. The summed E-state index contributed by atoms with van der Waals surface area (Å²) >= 11 is 0. The van der Waals surface area contributed by atoms with Crippen molar-refractivity contribution in [3.63, 3.8) is 0 Å². The van der Waals surface area contributed by atoms with Crippen molar-refractivity contribution in [1.29, 1.82) is 0 Å². The number of esters is 1. The van der Waals surface area contributed by atoms with E-state index in [9.17, 15) is 14.0 Å². The quantitative estimate of drug-likeness (QED) is 0.739. The minimum Gasteiger partial charge on any atom is -0.465 e. The second-order valence-electron chi connectivity index (χ2n) is 5.69. The molecule has 0 bridgehead atoms. The Labute approximate surface area is 144 Å². The van der Waals surface area contributed by atoms with Gasteiger partial charge in [-0.15, -0.1) is 0 Å². The Morgan fingerprint density at radius 2 is 1.96 bits per heavy atom. The lowest BCUT2D eigenvalue weighted by atomic mass is 10.2. The van der Waals surface area contributed by atoms with Crippen molar-refractivity contribution in [2.45, 2.75) is 13.5 Å². The summed E-state index contributed by atoms with van der Waals surface area (Å²) in [4.78, 5) is 24.3. The number of hydrogen-bond acceptors (Lipinski definition) is 3. The van der Waals surface area contributed by atoms with E-state index in [2.05, 4.69) is 5.32 Å². The number of carbonyl (C=O) groups excluding carboxylic acids is 2. The highest BCUT2D eigenvalue weighted by Gasteiger charge is 2.16. The zero-order valence-corrected chi connectivity index (χ0v) is 13.9. The van der Waals surface area contributed by atoms with E-state index >= 15 is 0 Å². The third-order valence-electron chi connectivity index (χ3n) is 3.98. The summed E-state index contributed by atoms with van der Waals surface area (Å²) in [5, 5.41) is 3.41. The van der Waals surface area contributed by atoms with Crippen molar-refractivity contribution < 1.29 is 18.7 Å². The van der Waals surface area contributed by atoms with Crippen molar-refractivity contribution in [2.75, 3.05) is 12.4 Å². The highest BCUT2D eigenvalue weighted by molar-refractivity contribution is 6.05. The van der Waals surface area contributed by atoms with E-state index in [0.29, 0.717) is 16.6 Å². The summed E-state index contributed by atoms with van der Waals surface area (Å²) < 4.78 is 19.8. The van der Waals surface area contributed by atoms with Crippen LogP contribution in [0.4, 0.5) is 10.1 Å². The molecule has 5 nitrogen and oxygen atoms in total. The molecule has 6 heteroatoms. The summed E-state index contributed by atoms with van der Waals surface area (Å²) in [5.41, 5.74) is 2.33. The summed E-state index contributed by atoms with van der Waals surface area (Å²) in [6.45, 7) is 1.78. The first-order chi connectivity index (χ1) is 12.0. The zero-order chi connectivity index (χ0) is 18.0. The van der Waals surface area contributed by atoms with Crippen LogP contribution >= 0.6 is 0 Å². The van der Waals surface area contributed by atoms with Gasteiger partial charge in [-0.1, -0.05) is 24.3 Å². The molecule has 1 aromatic heterocycles. The number of halogens is 1. The molecule has 0 aliphatic rings. The first-order valence-electron chi connectivity index (χ1n) is 7.72. The number of carbonyl (C=O) groups is 2. The van der Waals surface area contributed by atoms with Crippen LogP contribution in [0.3, 0.4) is 0 Å². The molecular weight excluding hydrogens is 323 g/mol. The van der Waals surface area contributed by atoms with Crippen LogP contribution < -0.4 is 5.32 Å². The van der Waals surface area contributed by atoms with Gasteiger partial charge in [0.25, 0.3) is 0 Å². The Bertz CT molecular complexity index is 962. The molecule has 3 rings (SSSR count). The number of ether oxygens (including phenoxy) is 1. The van der Waals surface area contributed by atoms with Gasteiger partial charge in [-0.05, 0) is 30.7 Å². The van der Waals surface area contributed by atoms with Crippen molar-refractivity contribution >= 4 is 28.5 Å². The SMILES string of the molecule is COC(=O)c1cn(CC(=O)Nc2cc(F)ccc2C)c2ccccc12. The van der Waals surface area contributed by atoms with Crippen molar-refractivity contribution in [1.82, 2.24) is 4.57 Å². The molecule has 0 atom stereocenters. The number of anilines is 1. The molecule has 1 heterocycles. The smallest absolute Gasteiger partial charge is 0.340 e. The van der Waals surface area contributed by atoms with Gasteiger partial charge in [-0.2, -0.15) is 0 Å². The van der Waals surface area contributed by atoms with Gasteiger partial charge in [0.15, 0.2) is 0 Å². The normalized spacial score (nSPS) is 10.7. The maximum absolute atomic E-state index is 13.4. The lowest BCUT2D eigenvalue weighted by Crippen LogP contribution is -2.19. The van der Waals surface area contributed by atoms with Crippen molar-refractivity contribution in [2.24, 2.45) is 0 Å². The van der Waals surface area contributed by atoms with Gasteiger partial charge in [0, 0.05) is 22.8 Å². The number of fused-ring (bicyclic) bond motifs is 1. The highest BCUT2D eigenvalue weighted by Crippen LogP contribution is 2.22. The third kappa shape index (κ3) is 3.38. The van der Waals surface area contributed by atoms with Crippen LogP contribution in [0.5, 0.6) is 0 Å². The van der Waals surface area contributed by atoms with Crippen LogP contribution in [0.15, 0.2) is 48.7 Å². The molecule has 0 saturated heterocycles. The lowest BCUT2D eigenvalue weighted by Gasteiger charge is -2.10. The molecule has 0 fully saturated rings. The second-order valence-corrected chi connectivity index (χ2v) is 5.69. The Morgan fingerprint density at radius 3 is 2.72 bits per heavy atom. The molecule has 128 valence electrons. The minimum absolute atomic E-state index is 0.00649. The summed E-state index contributed by atoms with van der Waals surface area (Å²) in [6, 6.07) is 11.5. The van der Waals surface area contributed by atoms with Crippen LogP contribution in [0.1, 0.15) is 15.9 Å². The predicted octanol–water partition coefficient (Wildman–Crippen LogP) is 3.51. The number of benzene rings is 2. The van der Waals surface area contributed by atoms with Gasteiger partial charge in [-0.25, -0.2) is 9.18 Å². The fourth-order valence-electron chi connectivity index (χ4n) is 2.72. The average molecular weight is 340 g/mol. The van der Waals surface area contributed by atoms with Gasteiger partial charge >= 0.3 is 5.97 Å². The van der Waals surface area contributed by atoms with E-state index in [1.807, 2.05) is 18.2 Å². The summed E-state index contributed by atoms with van der Waals surface area (Å²) in [6.07, 6.45) is 1.59. The molecule has 0 aliphatic heterocycles. The van der Waals surface area contributed by atoms with Gasteiger partial charge in [-0.3, -0.25) is 4.79 Å². The van der Waals surface area contributed by atoms with Crippen LogP contribution in [0.2, 0.25) is 0 Å². The first-order valence-corrected chi connectivity index (χ1v) is 7.72. The monoisotopic (exact) mass is 340 g/mol. The first kappa shape index (κ1) is 16.7. The van der Waals surface area contributed by atoms with Crippen LogP contribution in [-0.2, 0) is 16.1 Å². The Hall–Kier alpha value is -3.15. The van der Waals surface area contributed by atoms with E-state index < -0.39 is 11.8 Å². The number of nitrogens with zero attached hydrogens (tertiary/aromatic N) is 1. The van der Waals surface area contributed by atoms with Crippen LogP contribution in [-0.4, -0.2) is 23.6 Å².